The summed E-state index contributed by atoms with van der Waals surface area (Å²) in [5.74, 6) is -1.47. The molecular formula is C11H13NO5. The molecule has 2 N–H and O–H groups in total. The summed E-state index contributed by atoms with van der Waals surface area (Å²) in [6.45, 7) is 1.73. The third kappa shape index (κ3) is 2.03. The third-order valence-electron chi connectivity index (χ3n) is 2.88. The van der Waals surface area contributed by atoms with Crippen molar-refractivity contribution < 1.29 is 24.2 Å². The Morgan fingerprint density at radius 3 is 2.76 bits per heavy atom. The molecule has 1 aliphatic rings. The van der Waals surface area contributed by atoms with Crippen molar-refractivity contribution >= 4 is 11.9 Å². The summed E-state index contributed by atoms with van der Waals surface area (Å²) in [6, 6.07) is 0.650. The molecule has 0 aromatic carbocycles. The summed E-state index contributed by atoms with van der Waals surface area (Å²) in [5, 5.41) is 18.4. The van der Waals surface area contributed by atoms with Gasteiger partial charge in [-0.2, -0.15) is 0 Å². The number of aliphatic carboxylic acids is 1. The predicted molar refractivity (Wildman–Crippen MR) is 56.5 cm³/mol. The zero-order valence-corrected chi connectivity index (χ0v) is 9.29. The Morgan fingerprint density at radius 2 is 2.24 bits per heavy atom. The van der Waals surface area contributed by atoms with Crippen molar-refractivity contribution in [1.82, 2.24) is 4.90 Å². The van der Waals surface area contributed by atoms with E-state index in [9.17, 15) is 14.7 Å². The number of furan rings is 1. The minimum absolute atomic E-state index is 0.0238. The molecule has 0 aliphatic carbocycles. The van der Waals surface area contributed by atoms with Crippen LogP contribution in [0.5, 0.6) is 0 Å². The van der Waals surface area contributed by atoms with Crippen LogP contribution in [0.3, 0.4) is 0 Å². The molecule has 0 unspecified atom stereocenters. The molecule has 1 amide bonds. The number of hydrogen-bond acceptors (Lipinski definition) is 4. The van der Waals surface area contributed by atoms with E-state index in [1.807, 2.05) is 0 Å². The first-order valence-electron chi connectivity index (χ1n) is 5.26. The van der Waals surface area contributed by atoms with Crippen LogP contribution in [-0.2, 0) is 4.79 Å². The minimum Gasteiger partial charge on any atom is -0.480 e. The van der Waals surface area contributed by atoms with Crippen LogP contribution in [-0.4, -0.2) is 45.7 Å². The number of carboxylic acids is 1. The van der Waals surface area contributed by atoms with E-state index < -0.39 is 24.0 Å². The molecule has 17 heavy (non-hydrogen) atoms. The Bertz CT molecular complexity index is 452. The van der Waals surface area contributed by atoms with E-state index in [0.717, 1.165) is 4.90 Å². The molecule has 1 saturated heterocycles. The average Bonchev–Trinajstić information content (AvgIpc) is 2.83. The maximum absolute atomic E-state index is 12.0. The van der Waals surface area contributed by atoms with Crippen molar-refractivity contribution in [1.29, 1.82) is 0 Å². The number of carbonyl (C=O) groups excluding carboxylic acids is 1. The number of carboxylic acid groups (broad SMARTS) is 1. The van der Waals surface area contributed by atoms with Gasteiger partial charge in [0.2, 0.25) is 0 Å². The number of amides is 1. The van der Waals surface area contributed by atoms with Gasteiger partial charge < -0.3 is 19.5 Å². The SMILES string of the molecule is Cc1ccoc1C(=O)N1C[C@@H](O)C[C@H]1C(=O)O. The standard InChI is InChI=1S/C11H13NO5/c1-6-2-3-17-9(6)10(14)12-5-7(13)4-8(12)11(15)16/h2-3,7-8,13H,4-5H2,1H3,(H,15,16)/t7-,8-/m0/s1. The number of aliphatic hydroxyl groups excluding tert-OH is 1. The molecule has 0 saturated carbocycles. The molecular weight excluding hydrogens is 226 g/mol. The second-order valence-electron chi connectivity index (χ2n) is 4.13. The van der Waals surface area contributed by atoms with Gasteiger partial charge in [-0.05, 0) is 13.0 Å². The van der Waals surface area contributed by atoms with Crippen molar-refractivity contribution in [3.63, 3.8) is 0 Å². The van der Waals surface area contributed by atoms with Crippen molar-refractivity contribution in [3.8, 4) is 0 Å². The number of rotatable bonds is 2. The molecule has 2 rings (SSSR count). The largest absolute Gasteiger partial charge is 0.480 e. The van der Waals surface area contributed by atoms with Gasteiger partial charge in [-0.25, -0.2) is 4.79 Å². The lowest BCUT2D eigenvalue weighted by Crippen LogP contribution is -2.40. The second kappa shape index (κ2) is 4.21. The van der Waals surface area contributed by atoms with Gasteiger partial charge in [0.1, 0.15) is 6.04 Å². The Labute approximate surface area is 97.4 Å². The molecule has 1 fully saturated rings. The predicted octanol–water partition coefficient (Wildman–Crippen LogP) is 0.248. The third-order valence-corrected chi connectivity index (χ3v) is 2.88. The molecule has 0 spiro atoms. The van der Waals surface area contributed by atoms with Crippen LogP contribution in [0.25, 0.3) is 0 Å². The van der Waals surface area contributed by atoms with Gasteiger partial charge in [0.15, 0.2) is 5.76 Å². The lowest BCUT2D eigenvalue weighted by atomic mass is 10.2. The maximum atomic E-state index is 12.0. The summed E-state index contributed by atoms with van der Waals surface area (Å²) >= 11 is 0. The van der Waals surface area contributed by atoms with Gasteiger partial charge in [0.25, 0.3) is 5.91 Å². The first kappa shape index (κ1) is 11.7. The number of carbonyl (C=O) groups is 2. The van der Waals surface area contributed by atoms with Gasteiger partial charge in [-0.15, -0.1) is 0 Å². The Balaban J connectivity index is 2.25. The first-order valence-corrected chi connectivity index (χ1v) is 5.26. The number of hydrogen-bond donors (Lipinski definition) is 2. The second-order valence-corrected chi connectivity index (χ2v) is 4.13. The number of likely N-dealkylation sites (tertiary alicyclic amines) is 1. The molecule has 1 aromatic heterocycles. The average molecular weight is 239 g/mol. The number of aliphatic hydroxyl groups is 1. The van der Waals surface area contributed by atoms with Crippen LogP contribution in [0.2, 0.25) is 0 Å². The van der Waals surface area contributed by atoms with E-state index >= 15 is 0 Å². The highest BCUT2D eigenvalue weighted by molar-refractivity contribution is 5.95. The van der Waals surface area contributed by atoms with E-state index in [1.54, 1.807) is 13.0 Å². The minimum atomic E-state index is -1.11. The molecule has 1 aliphatic heterocycles. The lowest BCUT2D eigenvalue weighted by molar-refractivity contribution is -0.141. The van der Waals surface area contributed by atoms with Gasteiger partial charge in [-0.1, -0.05) is 0 Å². The zero-order valence-electron chi connectivity index (χ0n) is 9.29. The fraction of sp³-hybridized carbons (Fsp3) is 0.455. The molecule has 0 radical (unpaired) electrons. The van der Waals surface area contributed by atoms with Crippen molar-refractivity contribution in [2.45, 2.75) is 25.5 Å². The van der Waals surface area contributed by atoms with E-state index in [-0.39, 0.29) is 18.7 Å². The molecule has 2 atom stereocenters. The lowest BCUT2D eigenvalue weighted by Gasteiger charge is -2.20. The monoisotopic (exact) mass is 239 g/mol. The number of β-amino-alcohol motifs (C(OH)–C–C–N with tert-alkyl or cyclic N) is 1. The number of aryl methyl sites for hydroxylation is 1. The van der Waals surface area contributed by atoms with Crippen molar-refractivity contribution in [2.75, 3.05) is 6.54 Å². The summed E-state index contributed by atoms with van der Waals surface area (Å²) in [4.78, 5) is 24.2. The fourth-order valence-corrected chi connectivity index (χ4v) is 1.99. The van der Waals surface area contributed by atoms with Gasteiger partial charge >= 0.3 is 5.97 Å². The summed E-state index contributed by atoms with van der Waals surface area (Å²) < 4.78 is 5.04. The number of nitrogens with zero attached hydrogens (tertiary/aromatic N) is 1. The quantitative estimate of drug-likeness (QED) is 0.771. The van der Waals surface area contributed by atoms with Crippen LogP contribution >= 0.6 is 0 Å². The van der Waals surface area contributed by atoms with Crippen molar-refractivity contribution in [3.05, 3.63) is 23.7 Å². The highest BCUT2D eigenvalue weighted by Crippen LogP contribution is 2.22. The summed E-state index contributed by atoms with van der Waals surface area (Å²) in [5.41, 5.74) is 0.653. The molecule has 6 heteroatoms. The zero-order chi connectivity index (χ0) is 12.6. The fourth-order valence-electron chi connectivity index (χ4n) is 1.99. The van der Waals surface area contributed by atoms with Crippen LogP contribution in [0.15, 0.2) is 16.7 Å². The van der Waals surface area contributed by atoms with Crippen LogP contribution in [0.4, 0.5) is 0 Å². The normalized spacial score (nSPS) is 24.0. The van der Waals surface area contributed by atoms with E-state index in [4.69, 9.17) is 9.52 Å². The first-order chi connectivity index (χ1) is 8.00. The highest BCUT2D eigenvalue weighted by Gasteiger charge is 2.40. The Kier molecular flexibility index (Phi) is 2.89. The molecule has 1 aromatic rings. The van der Waals surface area contributed by atoms with E-state index in [1.165, 1.54) is 6.26 Å². The molecule has 2 heterocycles. The molecule has 92 valence electrons. The summed E-state index contributed by atoms with van der Waals surface area (Å²) in [6.07, 6.45) is 0.640. The van der Waals surface area contributed by atoms with Crippen molar-refractivity contribution in [2.24, 2.45) is 0 Å². The van der Waals surface area contributed by atoms with Crippen LogP contribution in [0, 0.1) is 6.92 Å². The molecule has 0 bridgehead atoms. The highest BCUT2D eigenvalue weighted by atomic mass is 16.4. The van der Waals surface area contributed by atoms with E-state index in [0.29, 0.717) is 5.56 Å². The molecule has 6 nitrogen and oxygen atoms in total. The van der Waals surface area contributed by atoms with Crippen LogP contribution in [0.1, 0.15) is 22.5 Å². The Morgan fingerprint density at radius 1 is 1.53 bits per heavy atom. The summed E-state index contributed by atoms with van der Waals surface area (Å²) in [7, 11) is 0. The van der Waals surface area contributed by atoms with Gasteiger partial charge in [-0.3, -0.25) is 4.79 Å². The maximum Gasteiger partial charge on any atom is 0.326 e. The topological polar surface area (TPSA) is 91.0 Å². The van der Waals surface area contributed by atoms with E-state index in [2.05, 4.69) is 0 Å². The Hall–Kier alpha value is -1.82. The van der Waals surface area contributed by atoms with Crippen LogP contribution < -0.4 is 0 Å². The van der Waals surface area contributed by atoms with Gasteiger partial charge in [0, 0.05) is 18.5 Å². The smallest absolute Gasteiger partial charge is 0.326 e. The van der Waals surface area contributed by atoms with Gasteiger partial charge in [0.05, 0.1) is 12.4 Å².